The van der Waals surface area contributed by atoms with Crippen molar-refractivity contribution >= 4 is 38.9 Å². The molecule has 2 aromatic rings. The van der Waals surface area contributed by atoms with Gasteiger partial charge in [0.15, 0.2) is 0 Å². The zero-order chi connectivity index (χ0) is 23.3. The predicted molar refractivity (Wildman–Crippen MR) is 119 cm³/mol. The Labute approximate surface area is 190 Å². The van der Waals surface area contributed by atoms with Crippen molar-refractivity contribution in [2.45, 2.75) is 11.4 Å². The molecule has 32 heavy (non-hydrogen) atoms. The number of ether oxygens (including phenoxy) is 1. The third kappa shape index (κ3) is 6.02. The average Bonchev–Trinajstić information content (AvgIpc) is 2.76. The largest absolute Gasteiger partial charge is 0.379 e. The highest BCUT2D eigenvalue weighted by molar-refractivity contribution is 7.89. The molecule has 1 heterocycles. The molecule has 0 spiro atoms. The van der Waals surface area contributed by atoms with Crippen LogP contribution in [0.15, 0.2) is 47.4 Å². The molecule has 1 N–H and O–H groups in total. The van der Waals surface area contributed by atoms with Crippen LogP contribution in [0, 0.1) is 10.1 Å². The summed E-state index contributed by atoms with van der Waals surface area (Å²) in [4.78, 5) is 24.6. The second kappa shape index (κ2) is 10.4. The fourth-order valence-electron chi connectivity index (χ4n) is 3.23. The zero-order valence-electron chi connectivity index (χ0n) is 17.4. The van der Waals surface area contributed by atoms with Crippen molar-refractivity contribution in [3.05, 3.63) is 63.2 Å². The maximum atomic E-state index is 12.7. The zero-order valence-corrected chi connectivity index (χ0v) is 18.9. The smallest absolute Gasteiger partial charge is 0.269 e. The first-order valence-electron chi connectivity index (χ1n) is 9.76. The Balaban J connectivity index is 1.58. The summed E-state index contributed by atoms with van der Waals surface area (Å²) in [7, 11) is -1.92. The molecule has 0 atom stereocenters. The van der Waals surface area contributed by atoms with E-state index in [-0.39, 0.29) is 29.6 Å². The van der Waals surface area contributed by atoms with Crippen molar-refractivity contribution in [1.29, 1.82) is 0 Å². The van der Waals surface area contributed by atoms with Gasteiger partial charge in [0.2, 0.25) is 15.9 Å². The number of nitro benzene ring substituents is 1. The van der Waals surface area contributed by atoms with E-state index in [1.165, 1.54) is 46.8 Å². The van der Waals surface area contributed by atoms with Crippen LogP contribution in [-0.4, -0.2) is 68.3 Å². The molecular weight excluding hydrogens is 460 g/mol. The minimum Gasteiger partial charge on any atom is -0.379 e. The monoisotopic (exact) mass is 482 g/mol. The van der Waals surface area contributed by atoms with E-state index in [2.05, 4.69) is 5.32 Å². The van der Waals surface area contributed by atoms with E-state index < -0.39 is 14.9 Å². The molecule has 3 rings (SSSR count). The van der Waals surface area contributed by atoms with Gasteiger partial charge in [-0.1, -0.05) is 11.6 Å². The first kappa shape index (κ1) is 24.1. The van der Waals surface area contributed by atoms with Crippen LogP contribution in [0.5, 0.6) is 0 Å². The first-order chi connectivity index (χ1) is 15.2. The van der Waals surface area contributed by atoms with Gasteiger partial charge in [-0.25, -0.2) is 8.42 Å². The standard InChI is InChI=1S/C20H23ClN4O6S/c1-23(13-15-12-17(25(27)28)4-7-19(15)21)14-20(26)22-16-2-5-18(6-3-16)32(29,30)24-8-10-31-11-9-24/h2-7,12H,8-11,13-14H2,1H3,(H,22,26). The Bertz CT molecular complexity index is 1090. The van der Waals surface area contributed by atoms with E-state index in [0.29, 0.717) is 42.6 Å². The Morgan fingerprint density at radius 2 is 1.88 bits per heavy atom. The fourth-order valence-corrected chi connectivity index (χ4v) is 4.82. The van der Waals surface area contributed by atoms with E-state index in [4.69, 9.17) is 16.3 Å². The Morgan fingerprint density at radius 3 is 2.50 bits per heavy atom. The van der Waals surface area contributed by atoms with Gasteiger partial charge in [-0.2, -0.15) is 4.31 Å². The number of non-ortho nitro benzene ring substituents is 1. The summed E-state index contributed by atoms with van der Waals surface area (Å²) < 4.78 is 31.9. The molecule has 0 saturated carbocycles. The average molecular weight is 483 g/mol. The van der Waals surface area contributed by atoms with E-state index in [9.17, 15) is 23.3 Å². The number of nitrogens with one attached hydrogen (secondary N) is 1. The van der Waals surface area contributed by atoms with Crippen LogP contribution in [0.25, 0.3) is 0 Å². The minimum atomic E-state index is -3.60. The lowest BCUT2D eigenvalue weighted by molar-refractivity contribution is -0.384. The number of sulfonamides is 1. The van der Waals surface area contributed by atoms with Gasteiger partial charge in [0.05, 0.1) is 29.6 Å². The molecule has 2 aromatic carbocycles. The van der Waals surface area contributed by atoms with Crippen LogP contribution in [0.4, 0.5) is 11.4 Å². The number of morpholine rings is 1. The molecule has 0 bridgehead atoms. The molecule has 0 aromatic heterocycles. The summed E-state index contributed by atoms with van der Waals surface area (Å²) in [5.74, 6) is -0.321. The van der Waals surface area contributed by atoms with Crippen molar-refractivity contribution in [3.63, 3.8) is 0 Å². The number of rotatable bonds is 8. The molecular formula is C20H23ClN4O6S. The van der Waals surface area contributed by atoms with Crippen molar-refractivity contribution in [2.24, 2.45) is 0 Å². The third-order valence-electron chi connectivity index (χ3n) is 4.84. The van der Waals surface area contributed by atoms with Gasteiger partial charge < -0.3 is 10.1 Å². The number of benzene rings is 2. The summed E-state index contributed by atoms with van der Waals surface area (Å²) in [6.07, 6.45) is 0. The molecule has 1 aliphatic rings. The number of nitro groups is 1. The summed E-state index contributed by atoms with van der Waals surface area (Å²) in [5.41, 5.74) is 0.918. The lowest BCUT2D eigenvalue weighted by atomic mass is 10.2. The first-order valence-corrected chi connectivity index (χ1v) is 11.6. The van der Waals surface area contributed by atoms with E-state index in [1.54, 1.807) is 11.9 Å². The highest BCUT2D eigenvalue weighted by Gasteiger charge is 2.26. The van der Waals surface area contributed by atoms with E-state index in [1.807, 2.05) is 0 Å². The molecule has 1 fully saturated rings. The Kier molecular flexibility index (Phi) is 7.80. The van der Waals surface area contributed by atoms with E-state index in [0.717, 1.165) is 0 Å². The number of anilines is 1. The van der Waals surface area contributed by atoms with Crippen LogP contribution >= 0.6 is 11.6 Å². The van der Waals surface area contributed by atoms with Gasteiger partial charge in [-0.15, -0.1) is 0 Å². The molecule has 1 amide bonds. The summed E-state index contributed by atoms with van der Waals surface area (Å²) in [5, 5.41) is 14.0. The minimum absolute atomic E-state index is 0.00679. The number of carbonyl (C=O) groups is 1. The molecule has 0 aliphatic carbocycles. The third-order valence-corrected chi connectivity index (χ3v) is 7.12. The summed E-state index contributed by atoms with van der Waals surface area (Å²) >= 11 is 6.11. The number of hydrogen-bond donors (Lipinski definition) is 1. The number of likely N-dealkylation sites (N-methyl/N-ethyl adjacent to an activating group) is 1. The maximum Gasteiger partial charge on any atom is 0.269 e. The summed E-state index contributed by atoms with van der Waals surface area (Å²) in [6, 6.07) is 10.1. The van der Waals surface area contributed by atoms with Crippen LogP contribution in [-0.2, 0) is 26.1 Å². The second-order valence-corrected chi connectivity index (χ2v) is 9.64. The SMILES string of the molecule is CN(CC(=O)Nc1ccc(S(=O)(=O)N2CCOCC2)cc1)Cc1cc([N+](=O)[O-])ccc1Cl. The van der Waals surface area contributed by atoms with Crippen LogP contribution < -0.4 is 5.32 Å². The summed E-state index contributed by atoms with van der Waals surface area (Å²) in [6.45, 7) is 1.59. The van der Waals surface area contributed by atoms with Crippen molar-refractivity contribution in [2.75, 3.05) is 45.2 Å². The maximum absolute atomic E-state index is 12.7. The van der Waals surface area contributed by atoms with Crippen LogP contribution in [0.3, 0.4) is 0 Å². The van der Waals surface area contributed by atoms with Gasteiger partial charge in [-0.3, -0.25) is 19.8 Å². The number of nitrogens with zero attached hydrogens (tertiary/aromatic N) is 3. The molecule has 172 valence electrons. The van der Waals surface area contributed by atoms with Gasteiger partial charge >= 0.3 is 0 Å². The number of carbonyl (C=O) groups excluding carboxylic acids is 1. The highest BCUT2D eigenvalue weighted by Crippen LogP contribution is 2.23. The second-order valence-electron chi connectivity index (χ2n) is 7.29. The molecule has 12 heteroatoms. The number of amides is 1. The van der Waals surface area contributed by atoms with Crippen LogP contribution in [0.2, 0.25) is 5.02 Å². The van der Waals surface area contributed by atoms with Crippen molar-refractivity contribution < 1.29 is 22.9 Å². The molecule has 0 unspecified atom stereocenters. The van der Waals surface area contributed by atoms with Crippen molar-refractivity contribution in [1.82, 2.24) is 9.21 Å². The number of halogens is 1. The highest BCUT2D eigenvalue weighted by atomic mass is 35.5. The van der Waals surface area contributed by atoms with Gasteiger partial charge in [0, 0.05) is 42.5 Å². The normalized spacial score (nSPS) is 15.0. The topological polar surface area (TPSA) is 122 Å². The van der Waals surface area contributed by atoms with Crippen LogP contribution in [0.1, 0.15) is 5.56 Å². The van der Waals surface area contributed by atoms with Gasteiger partial charge in [0.1, 0.15) is 0 Å². The van der Waals surface area contributed by atoms with E-state index >= 15 is 0 Å². The lowest BCUT2D eigenvalue weighted by Crippen LogP contribution is -2.40. The number of hydrogen-bond acceptors (Lipinski definition) is 7. The van der Waals surface area contributed by atoms with Gasteiger partial charge in [-0.05, 0) is 42.9 Å². The van der Waals surface area contributed by atoms with Gasteiger partial charge in [0.25, 0.3) is 5.69 Å². The lowest BCUT2D eigenvalue weighted by Gasteiger charge is -2.26. The van der Waals surface area contributed by atoms with Crippen molar-refractivity contribution in [3.8, 4) is 0 Å². The molecule has 10 nitrogen and oxygen atoms in total. The quantitative estimate of drug-likeness (QED) is 0.452. The predicted octanol–water partition coefficient (Wildman–Crippen LogP) is 2.34. The molecule has 1 saturated heterocycles. The Hall–Kier alpha value is -2.57. The fraction of sp³-hybridized carbons (Fsp3) is 0.350. The Morgan fingerprint density at radius 1 is 1.22 bits per heavy atom. The molecule has 0 radical (unpaired) electrons. The molecule has 1 aliphatic heterocycles.